The first-order chi connectivity index (χ1) is 8.49. The molecule has 0 saturated carbocycles. The molecule has 1 N–H and O–H groups in total. The molecule has 0 aromatic carbocycles. The highest BCUT2D eigenvalue weighted by Gasteiger charge is 2.18. The second kappa shape index (κ2) is 5.26. The average Bonchev–Trinajstić information content (AvgIpc) is 2.75. The monoisotopic (exact) mass is 285 g/mol. The predicted molar refractivity (Wildman–Crippen MR) is 70.9 cm³/mol. The number of hydrogen-bond donors (Lipinski definition) is 1. The van der Waals surface area contributed by atoms with Gasteiger partial charge in [-0.2, -0.15) is 0 Å². The molecular formula is C12H13Cl2N3O. The minimum absolute atomic E-state index is 0.213. The summed E-state index contributed by atoms with van der Waals surface area (Å²) in [4.78, 5) is 8.03. The van der Waals surface area contributed by atoms with Crippen molar-refractivity contribution in [3.05, 3.63) is 46.2 Å². The van der Waals surface area contributed by atoms with Crippen LogP contribution in [0.25, 0.3) is 0 Å². The fourth-order valence-corrected chi connectivity index (χ4v) is 2.24. The van der Waals surface area contributed by atoms with Crippen molar-refractivity contribution in [1.29, 1.82) is 0 Å². The maximum Gasteiger partial charge on any atom is 0.142 e. The van der Waals surface area contributed by atoms with Crippen LogP contribution in [0.15, 0.2) is 24.5 Å². The third-order valence-electron chi connectivity index (χ3n) is 2.60. The summed E-state index contributed by atoms with van der Waals surface area (Å²) in [5.74, 6) is 0.559. The van der Waals surface area contributed by atoms with Gasteiger partial charge in [-0.3, -0.25) is 0 Å². The lowest BCUT2D eigenvalue weighted by Crippen LogP contribution is -2.11. The number of hydrogen-bond acceptors (Lipinski definition) is 3. The van der Waals surface area contributed by atoms with Gasteiger partial charge in [-0.05, 0) is 31.5 Å². The molecule has 2 rings (SSSR count). The molecular weight excluding hydrogens is 273 g/mol. The summed E-state index contributed by atoms with van der Waals surface area (Å²) < 4.78 is 1.90. The highest BCUT2D eigenvalue weighted by molar-refractivity contribution is 6.32. The Hall–Kier alpha value is -1.10. The van der Waals surface area contributed by atoms with Crippen LogP contribution in [0.1, 0.15) is 37.4 Å². The van der Waals surface area contributed by atoms with Gasteiger partial charge in [0, 0.05) is 18.4 Å². The number of rotatable bonds is 3. The van der Waals surface area contributed by atoms with Crippen LogP contribution in [0.2, 0.25) is 10.3 Å². The van der Waals surface area contributed by atoms with E-state index in [0.717, 1.165) is 0 Å². The molecule has 6 heteroatoms. The van der Waals surface area contributed by atoms with E-state index in [-0.39, 0.29) is 16.3 Å². The number of pyridine rings is 1. The fraction of sp³-hybridized carbons (Fsp3) is 0.333. The van der Waals surface area contributed by atoms with Crippen molar-refractivity contribution < 1.29 is 5.11 Å². The second-order valence-electron chi connectivity index (χ2n) is 4.23. The third kappa shape index (κ3) is 2.66. The van der Waals surface area contributed by atoms with Crippen LogP contribution in [0, 0.1) is 0 Å². The molecule has 0 aliphatic heterocycles. The molecule has 18 heavy (non-hydrogen) atoms. The second-order valence-corrected chi connectivity index (χ2v) is 5.01. The van der Waals surface area contributed by atoms with Gasteiger partial charge in [-0.25, -0.2) is 9.97 Å². The maximum absolute atomic E-state index is 10.3. The summed E-state index contributed by atoms with van der Waals surface area (Å²) in [5, 5.41) is 10.8. The Morgan fingerprint density at radius 2 is 1.83 bits per heavy atom. The van der Waals surface area contributed by atoms with Crippen LogP contribution in [-0.2, 0) is 0 Å². The first kappa shape index (κ1) is 13.3. The molecule has 0 saturated heterocycles. The lowest BCUT2D eigenvalue weighted by Gasteiger charge is -2.16. The zero-order chi connectivity index (χ0) is 13.3. The number of imidazole rings is 1. The zero-order valence-electron chi connectivity index (χ0n) is 10.0. The van der Waals surface area contributed by atoms with Crippen LogP contribution in [-0.4, -0.2) is 19.6 Å². The Morgan fingerprint density at radius 3 is 2.39 bits per heavy atom. The topological polar surface area (TPSA) is 50.9 Å². The van der Waals surface area contributed by atoms with Gasteiger partial charge in [0.05, 0.1) is 0 Å². The first-order valence-electron chi connectivity index (χ1n) is 5.53. The summed E-state index contributed by atoms with van der Waals surface area (Å²) in [5.41, 5.74) is 0.577. The van der Waals surface area contributed by atoms with E-state index in [1.54, 1.807) is 18.3 Å². The molecule has 2 aromatic rings. The molecule has 0 spiro atoms. The van der Waals surface area contributed by atoms with Crippen molar-refractivity contribution in [2.24, 2.45) is 0 Å². The van der Waals surface area contributed by atoms with Crippen molar-refractivity contribution in [3.63, 3.8) is 0 Å². The van der Waals surface area contributed by atoms with Gasteiger partial charge in [0.25, 0.3) is 0 Å². The van der Waals surface area contributed by atoms with E-state index in [4.69, 9.17) is 23.2 Å². The molecule has 0 amide bonds. The van der Waals surface area contributed by atoms with Gasteiger partial charge >= 0.3 is 0 Å². The van der Waals surface area contributed by atoms with Gasteiger partial charge in [0.2, 0.25) is 0 Å². The summed E-state index contributed by atoms with van der Waals surface area (Å²) in [6, 6.07) is 3.37. The molecule has 96 valence electrons. The summed E-state index contributed by atoms with van der Waals surface area (Å²) in [6.45, 7) is 4.04. The molecule has 1 unspecified atom stereocenters. The Balaban J connectivity index is 2.41. The maximum atomic E-state index is 10.3. The zero-order valence-corrected chi connectivity index (χ0v) is 11.5. The van der Waals surface area contributed by atoms with Gasteiger partial charge in [0.1, 0.15) is 22.2 Å². The van der Waals surface area contributed by atoms with Crippen molar-refractivity contribution in [3.8, 4) is 0 Å². The normalized spacial score (nSPS) is 13.0. The van der Waals surface area contributed by atoms with Gasteiger partial charge in [-0.15, -0.1) is 0 Å². The van der Waals surface area contributed by atoms with E-state index in [1.807, 2.05) is 24.6 Å². The van der Waals surface area contributed by atoms with Crippen molar-refractivity contribution in [2.75, 3.05) is 0 Å². The standard InChI is InChI=1S/C12H13Cl2N3O/c1-7(2)17-4-3-15-12(17)11(18)8-5-9(13)16-10(14)6-8/h3-7,11,18H,1-2H3. The van der Waals surface area contributed by atoms with Crippen LogP contribution in [0.4, 0.5) is 0 Å². The molecule has 4 nitrogen and oxygen atoms in total. The number of nitrogens with zero attached hydrogens (tertiary/aromatic N) is 3. The predicted octanol–water partition coefficient (Wildman–Crippen LogP) is 3.25. The molecule has 0 aliphatic carbocycles. The minimum Gasteiger partial charge on any atom is -0.380 e. The highest BCUT2D eigenvalue weighted by Crippen LogP contribution is 2.26. The summed E-state index contributed by atoms with van der Waals surface area (Å²) in [6.07, 6.45) is 2.61. The third-order valence-corrected chi connectivity index (χ3v) is 2.99. The number of aliphatic hydroxyl groups excluding tert-OH is 1. The van der Waals surface area contributed by atoms with Gasteiger partial charge < -0.3 is 9.67 Å². The van der Waals surface area contributed by atoms with Crippen LogP contribution < -0.4 is 0 Å². The molecule has 0 bridgehead atoms. The first-order valence-corrected chi connectivity index (χ1v) is 6.28. The highest BCUT2D eigenvalue weighted by atomic mass is 35.5. The van der Waals surface area contributed by atoms with Crippen LogP contribution in [0.5, 0.6) is 0 Å². The van der Waals surface area contributed by atoms with E-state index < -0.39 is 6.10 Å². The Kier molecular flexibility index (Phi) is 3.90. The lowest BCUT2D eigenvalue weighted by molar-refractivity contribution is 0.202. The SMILES string of the molecule is CC(C)n1ccnc1C(O)c1cc(Cl)nc(Cl)c1. The molecule has 2 aromatic heterocycles. The molecule has 0 radical (unpaired) electrons. The Bertz CT molecular complexity index is 534. The fourth-order valence-electron chi connectivity index (χ4n) is 1.76. The number of halogens is 2. The van der Waals surface area contributed by atoms with Gasteiger partial charge in [0.15, 0.2) is 0 Å². The largest absolute Gasteiger partial charge is 0.380 e. The summed E-state index contributed by atoms with van der Waals surface area (Å²) >= 11 is 11.6. The lowest BCUT2D eigenvalue weighted by atomic mass is 10.1. The minimum atomic E-state index is -0.875. The summed E-state index contributed by atoms with van der Waals surface area (Å²) in [7, 11) is 0. The quantitative estimate of drug-likeness (QED) is 0.881. The Morgan fingerprint density at radius 1 is 1.22 bits per heavy atom. The van der Waals surface area contributed by atoms with Gasteiger partial charge in [-0.1, -0.05) is 23.2 Å². The van der Waals surface area contributed by atoms with E-state index >= 15 is 0 Å². The molecule has 0 fully saturated rings. The number of aliphatic hydroxyl groups is 1. The Labute approximate surface area is 115 Å². The average molecular weight is 286 g/mol. The number of aromatic nitrogens is 3. The van der Waals surface area contributed by atoms with Crippen LogP contribution >= 0.6 is 23.2 Å². The van der Waals surface area contributed by atoms with E-state index in [0.29, 0.717) is 11.4 Å². The van der Waals surface area contributed by atoms with E-state index in [2.05, 4.69) is 9.97 Å². The van der Waals surface area contributed by atoms with E-state index in [1.165, 1.54) is 0 Å². The van der Waals surface area contributed by atoms with Crippen molar-refractivity contribution in [1.82, 2.24) is 14.5 Å². The van der Waals surface area contributed by atoms with E-state index in [9.17, 15) is 5.11 Å². The molecule has 1 atom stereocenters. The molecule has 0 aliphatic rings. The molecule has 2 heterocycles. The van der Waals surface area contributed by atoms with Crippen molar-refractivity contribution in [2.45, 2.75) is 26.0 Å². The van der Waals surface area contributed by atoms with Crippen LogP contribution in [0.3, 0.4) is 0 Å². The van der Waals surface area contributed by atoms with Crippen molar-refractivity contribution >= 4 is 23.2 Å². The smallest absolute Gasteiger partial charge is 0.142 e.